The zero-order valence-electron chi connectivity index (χ0n) is 17.9. The molecule has 2 atom stereocenters. The van der Waals surface area contributed by atoms with Crippen molar-refractivity contribution in [3.05, 3.63) is 5.82 Å². The summed E-state index contributed by atoms with van der Waals surface area (Å²) in [6.45, 7) is 10.5. The van der Waals surface area contributed by atoms with Gasteiger partial charge < -0.3 is 20.5 Å². The average Bonchev–Trinajstić information content (AvgIpc) is 3.07. The lowest BCUT2D eigenvalue weighted by atomic mass is 10.1. The second-order valence-electron chi connectivity index (χ2n) is 8.69. The summed E-state index contributed by atoms with van der Waals surface area (Å²) in [4.78, 5) is 36.2. The Morgan fingerprint density at radius 2 is 1.66 bits per heavy atom. The van der Waals surface area contributed by atoms with Gasteiger partial charge in [-0.3, -0.25) is 14.4 Å². The molecule has 0 spiro atoms. The van der Waals surface area contributed by atoms with E-state index in [4.69, 9.17) is 15.2 Å². The highest BCUT2D eigenvalue weighted by molar-refractivity contribution is 5.79. The van der Waals surface area contributed by atoms with E-state index in [1.165, 1.54) is 0 Å². The summed E-state index contributed by atoms with van der Waals surface area (Å²) >= 11 is 0. The molecule has 0 saturated carbocycles. The lowest BCUT2D eigenvalue weighted by Crippen LogP contribution is -2.38. The molecule has 0 aromatic carbocycles. The molecule has 0 bridgehead atoms. The molecule has 11 heteroatoms. The van der Waals surface area contributed by atoms with Gasteiger partial charge in [-0.1, -0.05) is 5.21 Å². The molecule has 0 radical (unpaired) electrons. The number of hydrogen-bond donors (Lipinski definition) is 3. The topological polar surface area (TPSA) is 162 Å². The molecule has 0 aliphatic rings. The van der Waals surface area contributed by atoms with E-state index in [1.807, 2.05) is 0 Å². The van der Waals surface area contributed by atoms with Crippen molar-refractivity contribution in [3.63, 3.8) is 0 Å². The second kappa shape index (κ2) is 10.3. The van der Waals surface area contributed by atoms with E-state index in [9.17, 15) is 14.4 Å². The minimum absolute atomic E-state index is 0.00119. The van der Waals surface area contributed by atoms with Gasteiger partial charge in [0, 0.05) is 12.8 Å². The van der Waals surface area contributed by atoms with E-state index in [-0.39, 0.29) is 37.4 Å². The van der Waals surface area contributed by atoms with Gasteiger partial charge in [0.2, 0.25) is 5.91 Å². The maximum atomic E-state index is 12.3. The Labute approximate surface area is 170 Å². The predicted molar refractivity (Wildman–Crippen MR) is 103 cm³/mol. The van der Waals surface area contributed by atoms with Gasteiger partial charge in [-0.05, 0) is 54.4 Å². The Balaban J connectivity index is 2.58. The predicted octanol–water partition coefficient (Wildman–Crippen LogP) is 0.928. The van der Waals surface area contributed by atoms with Crippen LogP contribution in [0.3, 0.4) is 0 Å². The SMILES string of the molecule is CC(C)(C)OC(=O)CC[C@@H](NC(=O)CC[C@H](N)C(=O)OC(C)(C)C)c1nn[nH]n1. The number of aromatic amines is 1. The summed E-state index contributed by atoms with van der Waals surface area (Å²) in [5.74, 6) is -1.07. The number of nitrogens with zero attached hydrogens (tertiary/aromatic N) is 3. The highest BCUT2D eigenvalue weighted by Gasteiger charge is 2.25. The summed E-state index contributed by atoms with van der Waals surface area (Å²) < 4.78 is 10.5. The fourth-order valence-corrected chi connectivity index (χ4v) is 2.29. The number of nitrogens with two attached hydrogens (primary N) is 1. The molecule has 1 aromatic rings. The largest absolute Gasteiger partial charge is 0.460 e. The maximum Gasteiger partial charge on any atom is 0.323 e. The number of carbonyl (C=O) groups excluding carboxylic acids is 3. The van der Waals surface area contributed by atoms with Crippen LogP contribution in [0.5, 0.6) is 0 Å². The molecule has 29 heavy (non-hydrogen) atoms. The molecule has 4 N–H and O–H groups in total. The summed E-state index contributed by atoms with van der Waals surface area (Å²) in [6.07, 6.45) is 0.416. The molecule has 1 amide bonds. The Kier molecular flexibility index (Phi) is 8.68. The molecule has 1 aromatic heterocycles. The van der Waals surface area contributed by atoms with Gasteiger partial charge in [-0.2, -0.15) is 5.21 Å². The summed E-state index contributed by atoms with van der Waals surface area (Å²) in [5, 5.41) is 16.3. The van der Waals surface area contributed by atoms with Gasteiger partial charge in [0.15, 0.2) is 5.82 Å². The Hall–Kier alpha value is -2.56. The number of nitrogens with one attached hydrogen (secondary N) is 2. The van der Waals surface area contributed by atoms with Gasteiger partial charge in [0.25, 0.3) is 0 Å². The lowest BCUT2D eigenvalue weighted by Gasteiger charge is -2.22. The van der Waals surface area contributed by atoms with Crippen LogP contribution in [-0.4, -0.2) is 55.7 Å². The van der Waals surface area contributed by atoms with Crippen molar-refractivity contribution in [2.45, 2.75) is 90.5 Å². The number of amides is 1. The van der Waals surface area contributed by atoms with Crippen LogP contribution in [0, 0.1) is 0 Å². The van der Waals surface area contributed by atoms with Crippen LogP contribution in [0.4, 0.5) is 0 Å². The quantitative estimate of drug-likeness (QED) is 0.501. The molecule has 1 heterocycles. The van der Waals surface area contributed by atoms with Crippen LogP contribution in [0.15, 0.2) is 0 Å². The van der Waals surface area contributed by atoms with E-state index in [1.54, 1.807) is 41.5 Å². The fraction of sp³-hybridized carbons (Fsp3) is 0.778. The van der Waals surface area contributed by atoms with E-state index in [2.05, 4.69) is 25.9 Å². The normalized spacial score (nSPS) is 14.0. The smallest absolute Gasteiger partial charge is 0.323 e. The lowest BCUT2D eigenvalue weighted by molar-refractivity contribution is -0.157. The first-order valence-electron chi connectivity index (χ1n) is 9.50. The van der Waals surface area contributed by atoms with Gasteiger partial charge >= 0.3 is 11.9 Å². The Morgan fingerprint density at radius 3 is 2.17 bits per heavy atom. The number of carbonyl (C=O) groups is 3. The van der Waals surface area contributed by atoms with Crippen molar-refractivity contribution in [1.82, 2.24) is 25.9 Å². The van der Waals surface area contributed by atoms with E-state index < -0.39 is 35.2 Å². The number of H-pyrrole nitrogens is 1. The first kappa shape index (κ1) is 24.5. The van der Waals surface area contributed by atoms with Gasteiger partial charge in [-0.15, -0.1) is 10.2 Å². The molecule has 164 valence electrons. The third kappa shape index (κ3) is 10.5. The first-order chi connectivity index (χ1) is 13.3. The molecule has 0 saturated heterocycles. The molecule has 11 nitrogen and oxygen atoms in total. The van der Waals surface area contributed by atoms with E-state index in [0.717, 1.165) is 0 Å². The van der Waals surface area contributed by atoms with Crippen LogP contribution in [0.1, 0.15) is 79.1 Å². The second-order valence-corrected chi connectivity index (χ2v) is 8.69. The third-order valence-corrected chi connectivity index (χ3v) is 3.46. The monoisotopic (exact) mass is 412 g/mol. The van der Waals surface area contributed by atoms with Crippen molar-refractivity contribution in [3.8, 4) is 0 Å². The number of hydrogen-bond acceptors (Lipinski definition) is 9. The third-order valence-electron chi connectivity index (χ3n) is 3.46. The summed E-state index contributed by atoms with van der Waals surface area (Å²) in [7, 11) is 0. The summed E-state index contributed by atoms with van der Waals surface area (Å²) in [6, 6.07) is -1.54. The Morgan fingerprint density at radius 1 is 1.03 bits per heavy atom. The standard InChI is InChI=1S/C18H32N6O5/c1-17(2,3)28-14(26)10-8-12(15-21-23-24-22-15)20-13(25)9-7-11(19)16(27)29-18(4,5)6/h11-12H,7-10,19H2,1-6H3,(H,20,25)(H,21,22,23,24)/t11-,12+/m0/s1. The van der Waals surface area contributed by atoms with E-state index >= 15 is 0 Å². The maximum absolute atomic E-state index is 12.3. The van der Waals surface area contributed by atoms with Crippen molar-refractivity contribution >= 4 is 17.8 Å². The first-order valence-corrected chi connectivity index (χ1v) is 9.50. The highest BCUT2D eigenvalue weighted by Crippen LogP contribution is 2.17. The van der Waals surface area contributed by atoms with Gasteiger partial charge in [-0.25, -0.2) is 0 Å². The molecule has 0 unspecified atom stereocenters. The molecule has 1 rings (SSSR count). The highest BCUT2D eigenvalue weighted by atomic mass is 16.6. The fourth-order valence-electron chi connectivity index (χ4n) is 2.29. The molecule has 0 fully saturated rings. The number of esters is 2. The van der Waals surface area contributed by atoms with Crippen molar-refractivity contribution in [2.75, 3.05) is 0 Å². The summed E-state index contributed by atoms with van der Waals surface area (Å²) in [5.41, 5.74) is 4.55. The van der Waals surface area contributed by atoms with Gasteiger partial charge in [0.05, 0.1) is 6.04 Å². The average molecular weight is 412 g/mol. The number of rotatable bonds is 9. The van der Waals surface area contributed by atoms with Crippen LogP contribution in [0.25, 0.3) is 0 Å². The van der Waals surface area contributed by atoms with Gasteiger partial charge in [0.1, 0.15) is 17.2 Å². The molecule has 0 aliphatic heterocycles. The van der Waals surface area contributed by atoms with Crippen molar-refractivity contribution < 1.29 is 23.9 Å². The van der Waals surface area contributed by atoms with Crippen molar-refractivity contribution in [1.29, 1.82) is 0 Å². The van der Waals surface area contributed by atoms with Crippen LogP contribution < -0.4 is 11.1 Å². The molecular weight excluding hydrogens is 380 g/mol. The van der Waals surface area contributed by atoms with Crippen LogP contribution >= 0.6 is 0 Å². The minimum atomic E-state index is -0.912. The number of aromatic nitrogens is 4. The zero-order valence-corrected chi connectivity index (χ0v) is 17.9. The zero-order chi connectivity index (χ0) is 22.2. The van der Waals surface area contributed by atoms with Crippen molar-refractivity contribution in [2.24, 2.45) is 5.73 Å². The van der Waals surface area contributed by atoms with E-state index in [0.29, 0.717) is 0 Å². The van der Waals surface area contributed by atoms with Crippen LogP contribution in [-0.2, 0) is 23.9 Å². The molecule has 0 aliphatic carbocycles. The minimum Gasteiger partial charge on any atom is -0.460 e. The number of ether oxygens (including phenoxy) is 2. The number of tetrazole rings is 1. The Bertz CT molecular complexity index is 678. The van der Waals surface area contributed by atoms with Crippen LogP contribution in [0.2, 0.25) is 0 Å². The molecular formula is C18H32N6O5.